The second-order valence-electron chi connectivity index (χ2n) is 8.02. The number of para-hydroxylation sites is 1. The van der Waals surface area contributed by atoms with Gasteiger partial charge in [0, 0.05) is 36.6 Å². The Balaban J connectivity index is 1.32. The van der Waals surface area contributed by atoms with Gasteiger partial charge in [-0.3, -0.25) is 9.59 Å². The average Bonchev–Trinajstić information content (AvgIpc) is 3.29. The van der Waals surface area contributed by atoms with Crippen molar-refractivity contribution in [2.45, 2.75) is 0 Å². The van der Waals surface area contributed by atoms with E-state index in [0.29, 0.717) is 42.5 Å². The molecule has 0 unspecified atom stereocenters. The summed E-state index contributed by atoms with van der Waals surface area (Å²) >= 11 is 6.22. The molecule has 2 heterocycles. The molecule has 1 N–H and O–H groups in total. The molecule has 5 rings (SSSR count). The van der Waals surface area contributed by atoms with Gasteiger partial charge >= 0.3 is 0 Å². The van der Waals surface area contributed by atoms with E-state index >= 15 is 0 Å². The van der Waals surface area contributed by atoms with Crippen molar-refractivity contribution in [3.63, 3.8) is 0 Å². The lowest BCUT2D eigenvalue weighted by Gasteiger charge is -2.37. The van der Waals surface area contributed by atoms with Gasteiger partial charge in [0.2, 0.25) is 0 Å². The first-order valence-electron chi connectivity index (χ1n) is 10.9. The molecule has 0 saturated carbocycles. The maximum atomic E-state index is 14.0. The van der Waals surface area contributed by atoms with Crippen LogP contribution in [0.15, 0.2) is 77.2 Å². The third kappa shape index (κ3) is 4.34. The molecule has 0 spiro atoms. The summed E-state index contributed by atoms with van der Waals surface area (Å²) in [6, 6.07) is 20.4. The monoisotopic (exact) mass is 477 g/mol. The van der Waals surface area contributed by atoms with Gasteiger partial charge in [-0.15, -0.1) is 0 Å². The molecule has 4 aromatic rings. The first-order chi connectivity index (χ1) is 16.5. The van der Waals surface area contributed by atoms with Gasteiger partial charge in [-0.05, 0) is 42.5 Å². The zero-order chi connectivity index (χ0) is 23.7. The van der Waals surface area contributed by atoms with Crippen LogP contribution in [0.3, 0.4) is 0 Å². The van der Waals surface area contributed by atoms with E-state index in [1.54, 1.807) is 41.3 Å². The van der Waals surface area contributed by atoms with E-state index in [-0.39, 0.29) is 23.1 Å². The highest BCUT2D eigenvalue weighted by molar-refractivity contribution is 6.31. The Morgan fingerprint density at radius 3 is 2.41 bits per heavy atom. The number of hydrogen-bond donors (Lipinski definition) is 1. The molecule has 1 aliphatic rings. The number of rotatable bonds is 4. The lowest BCUT2D eigenvalue weighted by molar-refractivity contribution is 0.0742. The van der Waals surface area contributed by atoms with Crippen molar-refractivity contribution in [2.75, 3.05) is 36.4 Å². The maximum absolute atomic E-state index is 14.0. The average molecular weight is 478 g/mol. The van der Waals surface area contributed by atoms with E-state index in [4.69, 9.17) is 16.0 Å². The molecule has 1 aliphatic heterocycles. The van der Waals surface area contributed by atoms with Gasteiger partial charge < -0.3 is 19.5 Å². The number of nitrogens with zero attached hydrogens (tertiary/aromatic N) is 2. The number of carbonyl (C=O) groups excluding carboxylic acids is 2. The lowest BCUT2D eigenvalue weighted by atomic mass is 10.1. The summed E-state index contributed by atoms with van der Waals surface area (Å²) in [7, 11) is 0. The topological polar surface area (TPSA) is 65.8 Å². The molecule has 1 fully saturated rings. The van der Waals surface area contributed by atoms with Crippen LogP contribution in [0.5, 0.6) is 0 Å². The number of hydrogen-bond acceptors (Lipinski definition) is 4. The number of amides is 2. The van der Waals surface area contributed by atoms with Crippen LogP contribution < -0.4 is 10.2 Å². The normalized spacial score (nSPS) is 13.8. The first-order valence-corrected chi connectivity index (χ1v) is 11.3. The molecule has 0 radical (unpaired) electrons. The van der Waals surface area contributed by atoms with Crippen LogP contribution in [0.25, 0.3) is 11.0 Å². The minimum Gasteiger partial charge on any atom is -0.451 e. The van der Waals surface area contributed by atoms with Gasteiger partial charge in [-0.1, -0.05) is 41.9 Å². The highest BCUT2D eigenvalue weighted by Gasteiger charge is 2.26. The molecule has 8 heteroatoms. The highest BCUT2D eigenvalue weighted by Crippen LogP contribution is 2.31. The molecule has 0 bridgehead atoms. The number of halogens is 2. The van der Waals surface area contributed by atoms with Crippen molar-refractivity contribution in [2.24, 2.45) is 0 Å². The molecule has 1 aromatic heterocycles. The van der Waals surface area contributed by atoms with Crippen molar-refractivity contribution in [3.05, 3.63) is 95.0 Å². The number of anilines is 2. The standard InChI is InChI=1S/C26H21ClFN3O3/c27-18-9-10-22(21(16-18)29-25(32)24-15-17-5-1-4-8-23(17)34-24)30-11-13-31(14-12-30)26(33)19-6-2-3-7-20(19)28/h1-10,15-16H,11-14H2,(H,29,32). The van der Waals surface area contributed by atoms with Gasteiger partial charge in [-0.25, -0.2) is 4.39 Å². The number of carbonyl (C=O) groups is 2. The minimum atomic E-state index is -0.525. The van der Waals surface area contributed by atoms with E-state index in [1.165, 1.54) is 12.1 Å². The Kier molecular flexibility index (Phi) is 5.94. The quantitative estimate of drug-likeness (QED) is 0.425. The fourth-order valence-electron chi connectivity index (χ4n) is 4.12. The summed E-state index contributed by atoms with van der Waals surface area (Å²) in [5.41, 5.74) is 2.04. The summed E-state index contributed by atoms with van der Waals surface area (Å²) in [5, 5.41) is 4.23. The zero-order valence-electron chi connectivity index (χ0n) is 18.1. The maximum Gasteiger partial charge on any atom is 0.291 e. The minimum absolute atomic E-state index is 0.0706. The van der Waals surface area contributed by atoms with Gasteiger partial charge in [0.1, 0.15) is 11.4 Å². The van der Waals surface area contributed by atoms with Gasteiger partial charge in [0.25, 0.3) is 11.8 Å². The summed E-state index contributed by atoms with van der Waals surface area (Å²) in [6.45, 7) is 1.89. The smallest absolute Gasteiger partial charge is 0.291 e. The Labute approximate surface area is 200 Å². The molecule has 34 heavy (non-hydrogen) atoms. The van der Waals surface area contributed by atoms with Crippen LogP contribution in [-0.4, -0.2) is 42.9 Å². The van der Waals surface area contributed by atoms with Crippen LogP contribution in [-0.2, 0) is 0 Å². The van der Waals surface area contributed by atoms with Crippen LogP contribution in [0, 0.1) is 5.82 Å². The molecule has 0 aliphatic carbocycles. The molecule has 6 nitrogen and oxygen atoms in total. The molecule has 172 valence electrons. The lowest BCUT2D eigenvalue weighted by Crippen LogP contribution is -2.49. The summed E-state index contributed by atoms with van der Waals surface area (Å²) in [4.78, 5) is 29.3. The summed E-state index contributed by atoms with van der Waals surface area (Å²) in [6.07, 6.45) is 0. The number of piperazine rings is 1. The number of furan rings is 1. The third-order valence-electron chi connectivity index (χ3n) is 5.87. The predicted octanol–water partition coefficient (Wildman–Crippen LogP) is 5.44. The van der Waals surface area contributed by atoms with E-state index in [0.717, 1.165) is 11.1 Å². The Morgan fingerprint density at radius 2 is 1.65 bits per heavy atom. The van der Waals surface area contributed by atoms with Crippen LogP contribution in [0.1, 0.15) is 20.9 Å². The molecule has 1 saturated heterocycles. The van der Waals surface area contributed by atoms with E-state index < -0.39 is 5.82 Å². The van der Waals surface area contributed by atoms with Crippen molar-refractivity contribution < 1.29 is 18.4 Å². The van der Waals surface area contributed by atoms with Gasteiger partial charge in [0.15, 0.2) is 5.76 Å². The van der Waals surface area contributed by atoms with Gasteiger partial charge in [-0.2, -0.15) is 0 Å². The van der Waals surface area contributed by atoms with E-state index in [1.807, 2.05) is 24.3 Å². The summed E-state index contributed by atoms with van der Waals surface area (Å²) < 4.78 is 19.7. The third-order valence-corrected chi connectivity index (χ3v) is 6.10. The number of nitrogens with one attached hydrogen (secondary N) is 1. The molecular formula is C26H21ClFN3O3. The fourth-order valence-corrected chi connectivity index (χ4v) is 4.29. The Hall–Kier alpha value is -3.84. The predicted molar refractivity (Wildman–Crippen MR) is 130 cm³/mol. The van der Waals surface area contributed by atoms with Crippen molar-refractivity contribution in [1.29, 1.82) is 0 Å². The van der Waals surface area contributed by atoms with Crippen molar-refractivity contribution >= 4 is 45.8 Å². The molecule has 0 atom stereocenters. The molecule has 3 aromatic carbocycles. The molecule has 2 amide bonds. The summed E-state index contributed by atoms with van der Waals surface area (Å²) in [5.74, 6) is -1.03. The van der Waals surface area contributed by atoms with Crippen LogP contribution >= 0.6 is 11.6 Å². The second-order valence-corrected chi connectivity index (χ2v) is 8.46. The number of benzene rings is 3. The van der Waals surface area contributed by atoms with E-state index in [2.05, 4.69) is 10.2 Å². The SMILES string of the molecule is O=C(Nc1cc(Cl)ccc1N1CCN(C(=O)c2ccccc2F)CC1)c1cc2ccccc2o1. The highest BCUT2D eigenvalue weighted by atomic mass is 35.5. The Bertz CT molecular complexity index is 1350. The fraction of sp³-hybridized carbons (Fsp3) is 0.154. The largest absolute Gasteiger partial charge is 0.451 e. The first kappa shape index (κ1) is 22.0. The van der Waals surface area contributed by atoms with E-state index in [9.17, 15) is 14.0 Å². The second kappa shape index (κ2) is 9.19. The van der Waals surface area contributed by atoms with Crippen molar-refractivity contribution in [3.8, 4) is 0 Å². The van der Waals surface area contributed by atoms with Crippen LogP contribution in [0.4, 0.5) is 15.8 Å². The zero-order valence-corrected chi connectivity index (χ0v) is 18.9. The number of fused-ring (bicyclic) bond motifs is 1. The van der Waals surface area contributed by atoms with Crippen molar-refractivity contribution in [1.82, 2.24) is 4.90 Å². The molecular weight excluding hydrogens is 457 g/mol. The van der Waals surface area contributed by atoms with Gasteiger partial charge in [0.05, 0.1) is 16.9 Å². The Morgan fingerprint density at radius 1 is 0.912 bits per heavy atom. The van der Waals surface area contributed by atoms with Crippen LogP contribution in [0.2, 0.25) is 5.02 Å².